The van der Waals surface area contributed by atoms with Gasteiger partial charge in [-0.15, -0.1) is 0 Å². The van der Waals surface area contributed by atoms with Crippen molar-refractivity contribution in [3.63, 3.8) is 0 Å². The fourth-order valence-corrected chi connectivity index (χ4v) is 2.38. The van der Waals surface area contributed by atoms with Gasteiger partial charge in [-0.2, -0.15) is 0 Å². The minimum atomic E-state index is -0.821. The molecule has 1 saturated heterocycles. The number of carbonyl (C=O) groups excluding carboxylic acids is 1. The summed E-state index contributed by atoms with van der Waals surface area (Å²) in [6.07, 6.45) is 3.83. The lowest BCUT2D eigenvalue weighted by molar-refractivity contribution is -0.143. The van der Waals surface area contributed by atoms with Crippen molar-refractivity contribution in [2.45, 2.75) is 38.6 Å². The molecular formula is C11H17NO3. The van der Waals surface area contributed by atoms with Gasteiger partial charge in [-0.25, -0.2) is 0 Å². The largest absolute Gasteiger partial charge is 0.481 e. The summed E-state index contributed by atoms with van der Waals surface area (Å²) in [6, 6.07) is 0.293. The Morgan fingerprint density at radius 1 is 1.27 bits per heavy atom. The van der Waals surface area contributed by atoms with Crippen molar-refractivity contribution in [2.75, 3.05) is 6.54 Å². The van der Waals surface area contributed by atoms with Gasteiger partial charge < -0.3 is 10.0 Å². The second-order valence-corrected chi connectivity index (χ2v) is 4.66. The average Bonchev–Trinajstić information content (AvgIpc) is 2.97. The number of carboxylic acids is 1. The summed E-state index contributed by atoms with van der Waals surface area (Å²) in [7, 11) is 0. The van der Waals surface area contributed by atoms with E-state index in [1.165, 1.54) is 6.42 Å². The quantitative estimate of drug-likeness (QED) is 0.744. The Bertz CT molecular complexity index is 290. The molecule has 2 aliphatic rings. The van der Waals surface area contributed by atoms with Crippen molar-refractivity contribution >= 4 is 11.9 Å². The molecular weight excluding hydrogens is 194 g/mol. The number of hydrogen-bond acceptors (Lipinski definition) is 2. The topological polar surface area (TPSA) is 57.6 Å². The highest BCUT2D eigenvalue weighted by atomic mass is 16.4. The van der Waals surface area contributed by atoms with Gasteiger partial charge >= 0.3 is 5.97 Å². The van der Waals surface area contributed by atoms with Gasteiger partial charge in [-0.05, 0) is 32.6 Å². The summed E-state index contributed by atoms with van der Waals surface area (Å²) in [4.78, 5) is 24.5. The molecule has 0 aromatic rings. The van der Waals surface area contributed by atoms with Gasteiger partial charge in [0, 0.05) is 12.6 Å². The van der Waals surface area contributed by atoms with Crippen LogP contribution in [0.1, 0.15) is 32.6 Å². The number of likely N-dealkylation sites (tertiary alicyclic amines) is 1. The van der Waals surface area contributed by atoms with Crippen LogP contribution in [-0.2, 0) is 9.59 Å². The second-order valence-electron chi connectivity index (χ2n) is 4.66. The van der Waals surface area contributed by atoms with Crippen molar-refractivity contribution in [3.8, 4) is 0 Å². The summed E-state index contributed by atoms with van der Waals surface area (Å²) in [6.45, 7) is 2.86. The third-order valence-corrected chi connectivity index (χ3v) is 3.51. The summed E-state index contributed by atoms with van der Waals surface area (Å²) in [5, 5.41) is 8.77. The summed E-state index contributed by atoms with van der Waals surface area (Å²) in [5.74, 6) is -1.40. The Hall–Kier alpha value is -1.06. The minimum Gasteiger partial charge on any atom is -0.481 e. The van der Waals surface area contributed by atoms with E-state index >= 15 is 0 Å². The van der Waals surface area contributed by atoms with Crippen LogP contribution < -0.4 is 0 Å². The molecule has 1 aliphatic heterocycles. The van der Waals surface area contributed by atoms with Crippen LogP contribution in [0.25, 0.3) is 0 Å². The van der Waals surface area contributed by atoms with Gasteiger partial charge in [0.2, 0.25) is 5.91 Å². The molecule has 3 atom stereocenters. The molecule has 1 amide bonds. The molecule has 1 N–H and O–H groups in total. The number of carboxylic acid groups (broad SMARTS) is 1. The van der Waals surface area contributed by atoms with Crippen LogP contribution in [0.15, 0.2) is 0 Å². The van der Waals surface area contributed by atoms with Gasteiger partial charge in [0.05, 0.1) is 11.8 Å². The molecule has 1 saturated carbocycles. The molecule has 0 bridgehead atoms. The first-order valence-electron chi connectivity index (χ1n) is 5.64. The van der Waals surface area contributed by atoms with E-state index < -0.39 is 11.9 Å². The Morgan fingerprint density at radius 3 is 2.53 bits per heavy atom. The van der Waals surface area contributed by atoms with Crippen LogP contribution >= 0.6 is 0 Å². The molecule has 1 aliphatic carbocycles. The van der Waals surface area contributed by atoms with E-state index in [0.29, 0.717) is 12.5 Å². The zero-order valence-electron chi connectivity index (χ0n) is 8.98. The van der Waals surface area contributed by atoms with Crippen LogP contribution in [0.2, 0.25) is 0 Å². The van der Waals surface area contributed by atoms with Crippen LogP contribution in [0.4, 0.5) is 0 Å². The van der Waals surface area contributed by atoms with E-state index in [9.17, 15) is 9.59 Å². The van der Waals surface area contributed by atoms with E-state index in [4.69, 9.17) is 5.11 Å². The maximum absolute atomic E-state index is 11.9. The molecule has 4 heteroatoms. The maximum Gasteiger partial charge on any atom is 0.307 e. The molecule has 15 heavy (non-hydrogen) atoms. The van der Waals surface area contributed by atoms with Gasteiger partial charge in [0.25, 0.3) is 0 Å². The molecule has 4 nitrogen and oxygen atoms in total. The fraction of sp³-hybridized carbons (Fsp3) is 0.818. The van der Waals surface area contributed by atoms with Gasteiger partial charge in [-0.3, -0.25) is 9.59 Å². The van der Waals surface area contributed by atoms with Crippen molar-refractivity contribution < 1.29 is 14.7 Å². The van der Waals surface area contributed by atoms with Crippen molar-refractivity contribution in [3.05, 3.63) is 0 Å². The monoisotopic (exact) mass is 211 g/mol. The zero-order chi connectivity index (χ0) is 11.0. The van der Waals surface area contributed by atoms with E-state index in [-0.39, 0.29) is 11.8 Å². The van der Waals surface area contributed by atoms with Gasteiger partial charge in [0.1, 0.15) is 0 Å². The third kappa shape index (κ3) is 1.98. The number of nitrogens with zero attached hydrogens (tertiary/aromatic N) is 1. The molecule has 2 rings (SSSR count). The van der Waals surface area contributed by atoms with Crippen LogP contribution in [0.3, 0.4) is 0 Å². The lowest BCUT2D eigenvalue weighted by Crippen LogP contribution is -2.43. The van der Waals surface area contributed by atoms with E-state index in [1.54, 1.807) is 0 Å². The second kappa shape index (κ2) is 3.83. The first-order valence-corrected chi connectivity index (χ1v) is 5.64. The normalized spacial score (nSPS) is 35.0. The Labute approximate surface area is 89.3 Å². The summed E-state index contributed by atoms with van der Waals surface area (Å²) in [5.41, 5.74) is 0. The predicted molar refractivity (Wildman–Crippen MR) is 54.3 cm³/mol. The number of piperidine rings is 1. The summed E-state index contributed by atoms with van der Waals surface area (Å²) < 4.78 is 0. The van der Waals surface area contributed by atoms with E-state index in [0.717, 1.165) is 19.4 Å². The maximum atomic E-state index is 11.9. The van der Waals surface area contributed by atoms with Crippen molar-refractivity contribution in [1.29, 1.82) is 0 Å². The number of carbonyl (C=O) groups is 2. The third-order valence-electron chi connectivity index (χ3n) is 3.51. The van der Waals surface area contributed by atoms with Crippen LogP contribution in [-0.4, -0.2) is 34.5 Å². The highest BCUT2D eigenvalue weighted by Gasteiger charge is 2.50. The van der Waals surface area contributed by atoms with Crippen molar-refractivity contribution in [1.82, 2.24) is 4.90 Å². The first-order chi connectivity index (χ1) is 7.11. The minimum absolute atomic E-state index is 0.0644. The van der Waals surface area contributed by atoms with Crippen LogP contribution in [0, 0.1) is 11.8 Å². The van der Waals surface area contributed by atoms with Gasteiger partial charge in [-0.1, -0.05) is 0 Å². The number of hydrogen-bond donors (Lipinski definition) is 1. The Balaban J connectivity index is 1.94. The van der Waals surface area contributed by atoms with Crippen LogP contribution in [0.5, 0.6) is 0 Å². The Morgan fingerprint density at radius 2 is 2.00 bits per heavy atom. The molecule has 84 valence electrons. The lowest BCUT2D eigenvalue weighted by Gasteiger charge is -2.33. The Kier molecular flexibility index (Phi) is 2.67. The fourth-order valence-electron chi connectivity index (χ4n) is 2.38. The molecule has 0 radical (unpaired) electrons. The number of aliphatic carboxylic acids is 1. The smallest absolute Gasteiger partial charge is 0.307 e. The standard InChI is InChI=1S/C11H17NO3/c1-7-4-2-3-5-12(7)10(13)8-6-9(8)11(14)15/h7-9H,2-6H2,1H3,(H,14,15)/t7?,8-,9+/m1/s1. The molecule has 1 unspecified atom stereocenters. The molecule has 0 aromatic carbocycles. The molecule has 0 spiro atoms. The highest BCUT2D eigenvalue weighted by molar-refractivity contribution is 5.89. The highest BCUT2D eigenvalue weighted by Crippen LogP contribution is 2.41. The molecule has 0 aromatic heterocycles. The number of amides is 1. The molecule has 2 fully saturated rings. The number of rotatable bonds is 2. The van der Waals surface area contributed by atoms with Gasteiger partial charge in [0.15, 0.2) is 0 Å². The van der Waals surface area contributed by atoms with Crippen molar-refractivity contribution in [2.24, 2.45) is 11.8 Å². The van der Waals surface area contributed by atoms with E-state index in [1.807, 2.05) is 4.90 Å². The molecule has 1 heterocycles. The van der Waals surface area contributed by atoms with E-state index in [2.05, 4.69) is 6.92 Å². The zero-order valence-corrected chi connectivity index (χ0v) is 8.98. The SMILES string of the molecule is CC1CCCCN1C(=O)[C@@H]1C[C@@H]1C(=O)O. The first kappa shape index (κ1) is 10.5. The predicted octanol–water partition coefficient (Wildman–Crippen LogP) is 1.11. The summed E-state index contributed by atoms with van der Waals surface area (Å²) >= 11 is 0. The average molecular weight is 211 g/mol. The lowest BCUT2D eigenvalue weighted by atomic mass is 10.0.